The van der Waals surface area contributed by atoms with E-state index in [1.807, 2.05) is 17.7 Å². The summed E-state index contributed by atoms with van der Waals surface area (Å²) in [6.45, 7) is 10.9. The molecule has 2 rings (SSSR count). The smallest absolute Gasteiger partial charge is 0.149 e. The lowest BCUT2D eigenvalue weighted by atomic mass is 10.2. The topological polar surface area (TPSA) is 69.8 Å². The van der Waals surface area contributed by atoms with Crippen molar-refractivity contribution in [3.63, 3.8) is 0 Å². The number of rotatable bonds is 10. The van der Waals surface area contributed by atoms with E-state index in [1.165, 1.54) is 5.56 Å². The minimum Gasteiger partial charge on any atom is -0.385 e. The third-order valence-corrected chi connectivity index (χ3v) is 3.74. The zero-order valence-electron chi connectivity index (χ0n) is 14.2. The summed E-state index contributed by atoms with van der Waals surface area (Å²) in [6.07, 6.45) is 6.62. The first-order valence-electron chi connectivity index (χ1n) is 7.89. The van der Waals surface area contributed by atoms with Gasteiger partial charge in [-0.05, 0) is 20.3 Å². The highest BCUT2D eigenvalue weighted by atomic mass is 16.5. The van der Waals surface area contributed by atoms with Crippen molar-refractivity contribution in [1.29, 1.82) is 0 Å². The molecule has 1 atom stereocenters. The molecule has 2 aromatic heterocycles. The van der Waals surface area contributed by atoms with Crippen molar-refractivity contribution in [2.24, 2.45) is 0 Å². The van der Waals surface area contributed by atoms with Crippen LogP contribution in [0.4, 0.5) is 0 Å². The van der Waals surface area contributed by atoms with Crippen molar-refractivity contribution in [3.8, 4) is 0 Å². The van der Waals surface area contributed by atoms with Gasteiger partial charge in [0.2, 0.25) is 0 Å². The summed E-state index contributed by atoms with van der Waals surface area (Å²) in [6, 6.07) is 0.113. The zero-order chi connectivity index (χ0) is 16.7. The Hall–Kier alpha value is -1.99. The second-order valence-corrected chi connectivity index (χ2v) is 5.58. The van der Waals surface area contributed by atoms with Crippen LogP contribution in [-0.4, -0.2) is 38.3 Å². The van der Waals surface area contributed by atoms with Gasteiger partial charge in [0.1, 0.15) is 12.2 Å². The molecule has 2 heterocycles. The number of nitrogens with zero attached hydrogens (tertiary/aromatic N) is 5. The molecule has 0 unspecified atom stereocenters. The van der Waals surface area contributed by atoms with E-state index in [0.29, 0.717) is 0 Å². The predicted octanol–water partition coefficient (Wildman–Crippen LogP) is 1.86. The van der Waals surface area contributed by atoms with Gasteiger partial charge in [0.05, 0.1) is 18.3 Å². The van der Waals surface area contributed by atoms with Gasteiger partial charge in [0.15, 0.2) is 0 Å². The number of aryl methyl sites for hydroxylation is 2. The Morgan fingerprint density at radius 2 is 2.30 bits per heavy atom. The van der Waals surface area contributed by atoms with Crippen molar-refractivity contribution in [1.82, 2.24) is 29.9 Å². The maximum atomic E-state index is 5.10. The number of nitrogens with one attached hydrogen (secondary N) is 1. The van der Waals surface area contributed by atoms with Gasteiger partial charge in [0, 0.05) is 38.6 Å². The van der Waals surface area contributed by atoms with Crippen LogP contribution in [0.15, 0.2) is 25.2 Å². The van der Waals surface area contributed by atoms with Crippen LogP contribution in [0.1, 0.15) is 36.5 Å². The van der Waals surface area contributed by atoms with E-state index in [-0.39, 0.29) is 6.04 Å². The van der Waals surface area contributed by atoms with E-state index in [9.17, 15) is 0 Å². The van der Waals surface area contributed by atoms with Gasteiger partial charge in [-0.3, -0.25) is 4.68 Å². The molecule has 2 aromatic rings. The molecule has 0 amide bonds. The average molecular weight is 318 g/mol. The molecule has 7 nitrogen and oxygen atoms in total. The Bertz CT molecular complexity index is 618. The molecule has 0 saturated carbocycles. The highest BCUT2D eigenvalue weighted by molar-refractivity contribution is 5.15. The number of methoxy groups -OCH3 is 1. The predicted molar refractivity (Wildman–Crippen MR) is 88.9 cm³/mol. The number of aromatic nitrogens is 5. The summed E-state index contributed by atoms with van der Waals surface area (Å²) in [4.78, 5) is 0. The van der Waals surface area contributed by atoms with E-state index < -0.39 is 0 Å². The molecule has 0 bridgehead atoms. The van der Waals surface area contributed by atoms with Gasteiger partial charge >= 0.3 is 0 Å². The first-order chi connectivity index (χ1) is 11.2. The van der Waals surface area contributed by atoms with Gasteiger partial charge in [-0.2, -0.15) is 5.10 Å². The quantitative estimate of drug-likeness (QED) is 0.535. The molecule has 0 aliphatic carbocycles. The van der Waals surface area contributed by atoms with E-state index in [4.69, 9.17) is 4.74 Å². The molecule has 0 aliphatic rings. The summed E-state index contributed by atoms with van der Waals surface area (Å²) < 4.78 is 9.07. The first kappa shape index (κ1) is 17.4. The van der Waals surface area contributed by atoms with Crippen molar-refractivity contribution in [2.75, 3.05) is 13.7 Å². The normalized spacial score (nSPS) is 12.5. The van der Waals surface area contributed by atoms with Crippen molar-refractivity contribution < 1.29 is 4.74 Å². The lowest BCUT2D eigenvalue weighted by Gasteiger charge is -2.14. The third-order valence-electron chi connectivity index (χ3n) is 3.74. The number of hydrogen-bond donors (Lipinski definition) is 1. The fourth-order valence-corrected chi connectivity index (χ4v) is 2.46. The van der Waals surface area contributed by atoms with Crippen LogP contribution in [0.25, 0.3) is 0 Å². The molecule has 0 fully saturated rings. The first-order valence-corrected chi connectivity index (χ1v) is 7.89. The van der Waals surface area contributed by atoms with Crippen LogP contribution in [0.2, 0.25) is 0 Å². The highest BCUT2D eigenvalue weighted by Crippen LogP contribution is 2.12. The Labute approximate surface area is 137 Å². The molecule has 23 heavy (non-hydrogen) atoms. The Morgan fingerprint density at radius 1 is 1.48 bits per heavy atom. The molecule has 1 N–H and O–H groups in total. The molecular weight excluding hydrogens is 292 g/mol. The van der Waals surface area contributed by atoms with Gasteiger partial charge < -0.3 is 14.6 Å². The van der Waals surface area contributed by atoms with Gasteiger partial charge in [-0.15, -0.1) is 16.8 Å². The molecule has 0 aromatic carbocycles. The van der Waals surface area contributed by atoms with Gasteiger partial charge in [-0.25, -0.2) is 0 Å². The largest absolute Gasteiger partial charge is 0.385 e. The summed E-state index contributed by atoms with van der Waals surface area (Å²) in [5, 5.41) is 16.2. The SMILES string of the molecule is C=CCn1cc(CN[C@@H](C)c2nncn2CCCOC)c(C)n1. The molecule has 7 heteroatoms. The van der Waals surface area contributed by atoms with Crippen LogP contribution in [0.3, 0.4) is 0 Å². The minimum absolute atomic E-state index is 0.113. The van der Waals surface area contributed by atoms with Crippen molar-refractivity contribution in [2.45, 2.75) is 45.9 Å². The summed E-state index contributed by atoms with van der Waals surface area (Å²) in [5.41, 5.74) is 2.22. The summed E-state index contributed by atoms with van der Waals surface area (Å²) in [5.74, 6) is 0.942. The van der Waals surface area contributed by atoms with Gasteiger partial charge in [-0.1, -0.05) is 6.08 Å². The number of ether oxygens (including phenoxy) is 1. The van der Waals surface area contributed by atoms with Crippen LogP contribution in [0, 0.1) is 6.92 Å². The van der Waals surface area contributed by atoms with E-state index >= 15 is 0 Å². The molecular formula is C16H26N6O. The molecule has 0 aliphatic heterocycles. The maximum Gasteiger partial charge on any atom is 0.149 e. The second kappa shape index (κ2) is 8.59. The van der Waals surface area contributed by atoms with Crippen molar-refractivity contribution >= 4 is 0 Å². The Morgan fingerprint density at radius 3 is 3.04 bits per heavy atom. The molecule has 126 valence electrons. The fraction of sp³-hybridized carbons (Fsp3) is 0.562. The van der Waals surface area contributed by atoms with E-state index in [0.717, 1.165) is 44.2 Å². The number of allylic oxidation sites excluding steroid dienone is 1. The molecule has 0 saturated heterocycles. The summed E-state index contributed by atoms with van der Waals surface area (Å²) in [7, 11) is 1.71. The van der Waals surface area contributed by atoms with Crippen LogP contribution in [-0.2, 0) is 24.4 Å². The lowest BCUT2D eigenvalue weighted by Crippen LogP contribution is -2.22. The standard InChI is InChI=1S/C16H26N6O/c1-5-7-22-11-15(13(2)20-22)10-17-14(3)16-19-18-12-21(16)8-6-9-23-4/h5,11-12,14,17H,1,6-10H2,2-4H3/t14-/m0/s1. The molecule has 0 spiro atoms. The summed E-state index contributed by atoms with van der Waals surface area (Å²) >= 11 is 0. The number of hydrogen-bond acceptors (Lipinski definition) is 5. The Kier molecular flexibility index (Phi) is 6.49. The minimum atomic E-state index is 0.113. The highest BCUT2D eigenvalue weighted by Gasteiger charge is 2.14. The van der Waals surface area contributed by atoms with Crippen LogP contribution in [0.5, 0.6) is 0 Å². The molecule has 0 radical (unpaired) electrons. The second-order valence-electron chi connectivity index (χ2n) is 5.58. The fourth-order valence-electron chi connectivity index (χ4n) is 2.46. The van der Waals surface area contributed by atoms with E-state index in [2.05, 4.69) is 44.9 Å². The monoisotopic (exact) mass is 318 g/mol. The third kappa shape index (κ3) is 4.74. The lowest BCUT2D eigenvalue weighted by molar-refractivity contribution is 0.189. The van der Waals surface area contributed by atoms with Crippen LogP contribution >= 0.6 is 0 Å². The van der Waals surface area contributed by atoms with Crippen LogP contribution < -0.4 is 5.32 Å². The maximum absolute atomic E-state index is 5.10. The van der Waals surface area contributed by atoms with Crippen molar-refractivity contribution in [3.05, 3.63) is 42.3 Å². The average Bonchev–Trinajstić information content (AvgIpc) is 3.12. The van der Waals surface area contributed by atoms with E-state index in [1.54, 1.807) is 13.4 Å². The Balaban J connectivity index is 1.93. The zero-order valence-corrected chi connectivity index (χ0v) is 14.2. The van der Waals surface area contributed by atoms with Gasteiger partial charge in [0.25, 0.3) is 0 Å².